The fraction of sp³-hybridized carbons (Fsp3) is 0.417. The Morgan fingerprint density at radius 1 is 1.53 bits per heavy atom. The number of nitrogens with one attached hydrogen (secondary N) is 1. The van der Waals surface area contributed by atoms with Gasteiger partial charge in [0.2, 0.25) is 0 Å². The standard InChI is InChI=1S/C12H16FNO/c1-9(15)6-7-12(14-2)10-4-3-5-11(13)8-10/h3-5,8,12,14H,6-7H2,1-2H3. The Kier molecular flexibility index (Phi) is 4.43. The van der Waals surface area contributed by atoms with Crippen molar-refractivity contribution in [2.75, 3.05) is 7.05 Å². The molecule has 3 heteroatoms. The molecule has 0 aliphatic rings. The van der Waals surface area contributed by atoms with Crippen LogP contribution < -0.4 is 5.32 Å². The first-order valence-corrected chi connectivity index (χ1v) is 5.05. The summed E-state index contributed by atoms with van der Waals surface area (Å²) in [5, 5.41) is 3.08. The van der Waals surface area contributed by atoms with E-state index in [1.165, 1.54) is 12.1 Å². The van der Waals surface area contributed by atoms with E-state index in [0.29, 0.717) is 12.8 Å². The largest absolute Gasteiger partial charge is 0.313 e. The van der Waals surface area contributed by atoms with E-state index in [2.05, 4.69) is 5.32 Å². The van der Waals surface area contributed by atoms with Crippen molar-refractivity contribution < 1.29 is 9.18 Å². The molecular weight excluding hydrogens is 193 g/mol. The summed E-state index contributed by atoms with van der Waals surface area (Å²) in [6.45, 7) is 1.57. The van der Waals surface area contributed by atoms with E-state index in [1.54, 1.807) is 13.0 Å². The fourth-order valence-corrected chi connectivity index (χ4v) is 1.55. The van der Waals surface area contributed by atoms with Crippen molar-refractivity contribution in [3.63, 3.8) is 0 Å². The molecule has 0 heterocycles. The van der Waals surface area contributed by atoms with E-state index >= 15 is 0 Å². The second kappa shape index (κ2) is 5.61. The quantitative estimate of drug-likeness (QED) is 0.807. The lowest BCUT2D eigenvalue weighted by Crippen LogP contribution is -2.17. The molecule has 0 radical (unpaired) electrons. The van der Waals surface area contributed by atoms with Crippen molar-refractivity contribution in [3.05, 3.63) is 35.6 Å². The van der Waals surface area contributed by atoms with Crippen molar-refractivity contribution in [2.45, 2.75) is 25.8 Å². The molecule has 1 atom stereocenters. The van der Waals surface area contributed by atoms with Gasteiger partial charge in [-0.15, -0.1) is 0 Å². The SMILES string of the molecule is CNC(CCC(C)=O)c1cccc(F)c1. The first-order chi connectivity index (χ1) is 7.13. The average Bonchev–Trinajstić information content (AvgIpc) is 2.18. The van der Waals surface area contributed by atoms with Crippen LogP contribution >= 0.6 is 0 Å². The summed E-state index contributed by atoms with van der Waals surface area (Å²) in [5.41, 5.74) is 0.888. The molecule has 0 bridgehead atoms. The van der Waals surface area contributed by atoms with Gasteiger partial charge in [-0.2, -0.15) is 0 Å². The third-order valence-corrected chi connectivity index (χ3v) is 2.38. The van der Waals surface area contributed by atoms with Crippen LogP contribution in [0.3, 0.4) is 0 Å². The number of ketones is 1. The topological polar surface area (TPSA) is 29.1 Å². The highest BCUT2D eigenvalue weighted by molar-refractivity contribution is 5.75. The van der Waals surface area contributed by atoms with Gasteiger partial charge in [0.15, 0.2) is 0 Å². The maximum absolute atomic E-state index is 13.0. The molecule has 0 aromatic heterocycles. The number of hydrogen-bond acceptors (Lipinski definition) is 2. The molecule has 82 valence electrons. The summed E-state index contributed by atoms with van der Waals surface area (Å²) in [7, 11) is 1.82. The highest BCUT2D eigenvalue weighted by atomic mass is 19.1. The highest BCUT2D eigenvalue weighted by Gasteiger charge is 2.10. The Hall–Kier alpha value is -1.22. The molecule has 1 rings (SSSR count). The normalized spacial score (nSPS) is 12.5. The molecule has 15 heavy (non-hydrogen) atoms. The van der Waals surface area contributed by atoms with Crippen molar-refractivity contribution >= 4 is 5.78 Å². The molecule has 0 aliphatic heterocycles. The van der Waals surface area contributed by atoms with Gasteiger partial charge in [0.1, 0.15) is 11.6 Å². The molecule has 1 N–H and O–H groups in total. The molecule has 2 nitrogen and oxygen atoms in total. The summed E-state index contributed by atoms with van der Waals surface area (Å²) < 4.78 is 13.0. The third kappa shape index (κ3) is 3.80. The molecule has 1 unspecified atom stereocenters. The Bertz CT molecular complexity index is 338. The van der Waals surface area contributed by atoms with E-state index in [9.17, 15) is 9.18 Å². The third-order valence-electron chi connectivity index (χ3n) is 2.38. The van der Waals surface area contributed by atoms with Gasteiger partial charge < -0.3 is 10.1 Å². The van der Waals surface area contributed by atoms with E-state index in [0.717, 1.165) is 5.56 Å². The number of rotatable bonds is 5. The molecule has 0 aliphatic carbocycles. The minimum Gasteiger partial charge on any atom is -0.313 e. The maximum atomic E-state index is 13.0. The van der Waals surface area contributed by atoms with E-state index in [-0.39, 0.29) is 17.6 Å². The van der Waals surface area contributed by atoms with Crippen LogP contribution in [0.15, 0.2) is 24.3 Å². The first kappa shape index (κ1) is 11.9. The zero-order valence-corrected chi connectivity index (χ0v) is 9.09. The maximum Gasteiger partial charge on any atom is 0.129 e. The highest BCUT2D eigenvalue weighted by Crippen LogP contribution is 2.18. The minimum absolute atomic E-state index is 0.0459. The van der Waals surface area contributed by atoms with Crippen LogP contribution in [0.4, 0.5) is 4.39 Å². The van der Waals surface area contributed by atoms with Crippen molar-refractivity contribution in [1.29, 1.82) is 0 Å². The van der Waals surface area contributed by atoms with Crippen molar-refractivity contribution in [3.8, 4) is 0 Å². The van der Waals surface area contributed by atoms with Crippen LogP contribution in [0.1, 0.15) is 31.4 Å². The van der Waals surface area contributed by atoms with Crippen LogP contribution in [-0.4, -0.2) is 12.8 Å². The first-order valence-electron chi connectivity index (χ1n) is 5.05. The van der Waals surface area contributed by atoms with Crippen LogP contribution in [0.25, 0.3) is 0 Å². The number of carbonyl (C=O) groups is 1. The van der Waals surface area contributed by atoms with Gasteiger partial charge in [0, 0.05) is 12.5 Å². The number of hydrogen-bond donors (Lipinski definition) is 1. The molecule has 1 aromatic carbocycles. The van der Waals surface area contributed by atoms with Crippen molar-refractivity contribution in [2.24, 2.45) is 0 Å². The van der Waals surface area contributed by atoms with Crippen molar-refractivity contribution in [1.82, 2.24) is 5.32 Å². The fourth-order valence-electron chi connectivity index (χ4n) is 1.55. The van der Waals surface area contributed by atoms with E-state index in [1.807, 2.05) is 13.1 Å². The van der Waals surface area contributed by atoms with Crippen LogP contribution in [0.2, 0.25) is 0 Å². The summed E-state index contributed by atoms with van der Waals surface area (Å²) in [5.74, 6) is -0.0813. The molecule has 0 saturated carbocycles. The number of halogens is 1. The number of Topliss-reactive ketones (excluding diaryl/α,β-unsaturated/α-hetero) is 1. The monoisotopic (exact) mass is 209 g/mol. The minimum atomic E-state index is -0.240. The Labute approximate surface area is 89.5 Å². The van der Waals surface area contributed by atoms with Gasteiger partial charge in [-0.25, -0.2) is 4.39 Å². The lowest BCUT2D eigenvalue weighted by Gasteiger charge is -2.15. The number of carbonyl (C=O) groups excluding carboxylic acids is 1. The van der Waals surface area contributed by atoms with Gasteiger partial charge in [0.25, 0.3) is 0 Å². The molecule has 0 fully saturated rings. The summed E-state index contributed by atoms with van der Waals surface area (Å²) in [6, 6.07) is 6.51. The summed E-state index contributed by atoms with van der Waals surface area (Å²) in [4.78, 5) is 10.9. The predicted molar refractivity (Wildman–Crippen MR) is 58.1 cm³/mol. The van der Waals surface area contributed by atoms with Gasteiger partial charge in [-0.3, -0.25) is 0 Å². The lowest BCUT2D eigenvalue weighted by molar-refractivity contribution is -0.117. The van der Waals surface area contributed by atoms with Gasteiger partial charge in [-0.05, 0) is 38.1 Å². The summed E-state index contributed by atoms with van der Waals surface area (Å²) in [6.07, 6.45) is 1.22. The molecule has 1 aromatic rings. The zero-order chi connectivity index (χ0) is 11.3. The molecule has 0 amide bonds. The van der Waals surface area contributed by atoms with Crippen LogP contribution in [0, 0.1) is 5.82 Å². The van der Waals surface area contributed by atoms with E-state index < -0.39 is 0 Å². The van der Waals surface area contributed by atoms with Gasteiger partial charge in [0.05, 0.1) is 0 Å². The Morgan fingerprint density at radius 3 is 2.80 bits per heavy atom. The van der Waals surface area contributed by atoms with Gasteiger partial charge >= 0.3 is 0 Å². The molecule has 0 spiro atoms. The summed E-state index contributed by atoms with van der Waals surface area (Å²) >= 11 is 0. The zero-order valence-electron chi connectivity index (χ0n) is 9.09. The second-order valence-corrected chi connectivity index (χ2v) is 3.64. The molecule has 0 saturated heterocycles. The lowest BCUT2D eigenvalue weighted by atomic mass is 10.0. The predicted octanol–water partition coefficient (Wildman–Crippen LogP) is 2.46. The number of benzene rings is 1. The van der Waals surface area contributed by atoms with Crippen LogP contribution in [0.5, 0.6) is 0 Å². The Balaban J connectivity index is 2.69. The van der Waals surface area contributed by atoms with Crippen LogP contribution in [-0.2, 0) is 4.79 Å². The smallest absolute Gasteiger partial charge is 0.129 e. The molecular formula is C12H16FNO. The van der Waals surface area contributed by atoms with E-state index in [4.69, 9.17) is 0 Å². The Morgan fingerprint density at radius 2 is 2.27 bits per heavy atom. The van der Waals surface area contributed by atoms with Gasteiger partial charge in [-0.1, -0.05) is 12.1 Å². The average molecular weight is 209 g/mol. The second-order valence-electron chi connectivity index (χ2n) is 3.64.